The fraction of sp³-hybridized carbons (Fsp3) is 0.222. The van der Waals surface area contributed by atoms with Gasteiger partial charge in [0.2, 0.25) is 5.82 Å². The van der Waals surface area contributed by atoms with Crippen LogP contribution < -0.4 is 10.3 Å². The molecule has 2 N–H and O–H groups in total. The van der Waals surface area contributed by atoms with Gasteiger partial charge in [0.25, 0.3) is 15.9 Å². The molecule has 1 heterocycles. The van der Waals surface area contributed by atoms with Crippen molar-refractivity contribution < 1.29 is 13.2 Å². The first-order valence-corrected chi connectivity index (χ1v) is 10.3. The van der Waals surface area contributed by atoms with Gasteiger partial charge in [-0.25, -0.2) is 8.42 Å². The average Bonchev–Trinajstić information content (AvgIpc) is 3.36. The van der Waals surface area contributed by atoms with Crippen molar-refractivity contribution in [3.63, 3.8) is 0 Å². The lowest BCUT2D eigenvalue weighted by atomic mass is 10.1. The van der Waals surface area contributed by atoms with Crippen molar-refractivity contribution in [1.82, 2.24) is 30.5 Å². The van der Waals surface area contributed by atoms with Gasteiger partial charge in [-0.2, -0.15) is 4.80 Å². The standard InChI is InChI=1S/C18H18N6O3S/c25-17(12-24-21-18(20-22-24)14-5-2-1-3-6-14)19-23-28(26,27)16-10-9-13-7-4-8-15(13)11-16/h1-3,5-6,9-11,23H,4,7-8,12H2,(H,19,25). The molecule has 28 heavy (non-hydrogen) atoms. The van der Waals surface area contributed by atoms with Crippen molar-refractivity contribution in [2.24, 2.45) is 0 Å². The van der Waals surface area contributed by atoms with Crippen molar-refractivity contribution in [1.29, 1.82) is 0 Å². The first-order valence-electron chi connectivity index (χ1n) is 8.77. The van der Waals surface area contributed by atoms with E-state index in [2.05, 4.69) is 25.7 Å². The number of hydrogen-bond donors (Lipinski definition) is 2. The largest absolute Gasteiger partial charge is 0.276 e. The minimum absolute atomic E-state index is 0.124. The van der Waals surface area contributed by atoms with E-state index < -0.39 is 15.9 Å². The average molecular weight is 398 g/mol. The van der Waals surface area contributed by atoms with Gasteiger partial charge in [0.15, 0.2) is 0 Å². The maximum atomic E-state index is 12.4. The van der Waals surface area contributed by atoms with Crippen LogP contribution in [0.15, 0.2) is 53.4 Å². The van der Waals surface area contributed by atoms with Crippen LogP contribution in [-0.4, -0.2) is 34.5 Å². The van der Waals surface area contributed by atoms with Crippen LogP contribution in [0.2, 0.25) is 0 Å². The minimum atomic E-state index is -3.85. The number of nitrogens with zero attached hydrogens (tertiary/aromatic N) is 4. The molecular formula is C18H18N6O3S. The number of rotatable bonds is 6. The summed E-state index contributed by atoms with van der Waals surface area (Å²) < 4.78 is 24.8. The zero-order chi connectivity index (χ0) is 19.6. The fourth-order valence-electron chi connectivity index (χ4n) is 3.08. The van der Waals surface area contributed by atoms with E-state index in [-0.39, 0.29) is 11.4 Å². The Bertz CT molecular complexity index is 1110. The molecule has 2 aromatic carbocycles. The normalized spacial score (nSPS) is 13.3. The molecule has 1 amide bonds. The summed E-state index contributed by atoms with van der Waals surface area (Å²) in [4.78, 5) is 15.4. The van der Waals surface area contributed by atoms with E-state index in [0.717, 1.165) is 35.2 Å². The molecule has 4 rings (SSSR count). The third-order valence-corrected chi connectivity index (χ3v) is 5.72. The lowest BCUT2D eigenvalue weighted by Crippen LogP contribution is -2.43. The van der Waals surface area contributed by atoms with Gasteiger partial charge in [0.1, 0.15) is 6.54 Å². The number of nitrogens with one attached hydrogen (secondary N) is 2. The molecule has 9 nitrogen and oxygen atoms in total. The molecular weight excluding hydrogens is 380 g/mol. The molecule has 10 heteroatoms. The monoisotopic (exact) mass is 398 g/mol. The topological polar surface area (TPSA) is 119 Å². The molecule has 1 aliphatic carbocycles. The Labute approximate surface area is 161 Å². The van der Waals surface area contributed by atoms with Crippen LogP contribution in [0.5, 0.6) is 0 Å². The zero-order valence-corrected chi connectivity index (χ0v) is 15.7. The highest BCUT2D eigenvalue weighted by Crippen LogP contribution is 2.24. The number of fused-ring (bicyclic) bond motifs is 1. The Morgan fingerprint density at radius 1 is 1.07 bits per heavy atom. The van der Waals surface area contributed by atoms with Gasteiger partial charge >= 0.3 is 0 Å². The Morgan fingerprint density at radius 3 is 2.68 bits per heavy atom. The molecule has 0 saturated heterocycles. The Morgan fingerprint density at radius 2 is 1.86 bits per heavy atom. The molecule has 1 aromatic heterocycles. The van der Waals surface area contributed by atoms with Crippen LogP contribution >= 0.6 is 0 Å². The maximum Gasteiger partial charge on any atom is 0.258 e. The molecule has 0 fully saturated rings. The van der Waals surface area contributed by atoms with E-state index in [0.29, 0.717) is 5.82 Å². The molecule has 144 valence electrons. The van der Waals surface area contributed by atoms with Gasteiger partial charge in [0.05, 0.1) is 4.90 Å². The highest BCUT2D eigenvalue weighted by molar-refractivity contribution is 7.89. The first-order chi connectivity index (χ1) is 13.5. The first kappa shape index (κ1) is 18.3. The number of sulfonamides is 1. The summed E-state index contributed by atoms with van der Waals surface area (Å²) in [5, 5.41) is 11.8. The van der Waals surface area contributed by atoms with Gasteiger partial charge < -0.3 is 0 Å². The smallest absolute Gasteiger partial charge is 0.258 e. The summed E-state index contributed by atoms with van der Waals surface area (Å²) in [5.74, 6) is -0.228. The van der Waals surface area contributed by atoms with Gasteiger partial charge in [-0.3, -0.25) is 10.2 Å². The van der Waals surface area contributed by atoms with E-state index in [1.807, 2.05) is 36.4 Å². The van der Waals surface area contributed by atoms with Crippen LogP contribution in [0.3, 0.4) is 0 Å². The zero-order valence-electron chi connectivity index (χ0n) is 14.9. The Hall–Kier alpha value is -3.11. The lowest BCUT2D eigenvalue weighted by Gasteiger charge is -2.09. The second-order valence-corrected chi connectivity index (χ2v) is 8.13. The minimum Gasteiger partial charge on any atom is -0.276 e. The summed E-state index contributed by atoms with van der Waals surface area (Å²) >= 11 is 0. The third kappa shape index (κ3) is 3.92. The Kier molecular flexibility index (Phi) is 4.88. The number of aryl methyl sites for hydroxylation is 2. The molecule has 0 saturated carbocycles. The van der Waals surface area contributed by atoms with Crippen LogP contribution in [0, 0.1) is 0 Å². The number of carbonyl (C=O) groups excluding carboxylic acids is 1. The number of aromatic nitrogens is 4. The van der Waals surface area contributed by atoms with Crippen LogP contribution in [0.1, 0.15) is 17.5 Å². The summed E-state index contributed by atoms with van der Waals surface area (Å²) in [6.07, 6.45) is 2.86. The predicted octanol–water partition coefficient (Wildman–Crippen LogP) is 0.839. The van der Waals surface area contributed by atoms with Crippen LogP contribution in [0.25, 0.3) is 11.4 Å². The second kappa shape index (κ2) is 7.49. The molecule has 0 bridgehead atoms. The highest BCUT2D eigenvalue weighted by Gasteiger charge is 2.19. The second-order valence-electron chi connectivity index (χ2n) is 6.45. The van der Waals surface area contributed by atoms with Crippen molar-refractivity contribution in [2.75, 3.05) is 0 Å². The van der Waals surface area contributed by atoms with Gasteiger partial charge in [0, 0.05) is 5.56 Å². The third-order valence-electron chi connectivity index (χ3n) is 4.47. The molecule has 3 aromatic rings. The van der Waals surface area contributed by atoms with Gasteiger partial charge in [-0.05, 0) is 47.7 Å². The maximum absolute atomic E-state index is 12.4. The summed E-state index contributed by atoms with van der Waals surface area (Å²) in [6, 6.07) is 14.2. The summed E-state index contributed by atoms with van der Waals surface area (Å²) in [5.41, 5.74) is 5.16. The van der Waals surface area contributed by atoms with Crippen molar-refractivity contribution in [3.8, 4) is 11.4 Å². The van der Waals surface area contributed by atoms with Crippen LogP contribution in [0.4, 0.5) is 0 Å². The quantitative estimate of drug-likeness (QED) is 0.594. The number of carbonyl (C=O) groups is 1. The van der Waals surface area contributed by atoms with E-state index in [9.17, 15) is 13.2 Å². The van der Waals surface area contributed by atoms with Crippen LogP contribution in [-0.2, 0) is 34.2 Å². The lowest BCUT2D eigenvalue weighted by molar-refractivity contribution is -0.122. The molecule has 0 atom stereocenters. The fourth-order valence-corrected chi connectivity index (χ4v) is 3.99. The van der Waals surface area contributed by atoms with Gasteiger partial charge in [-0.15, -0.1) is 15.0 Å². The van der Waals surface area contributed by atoms with E-state index in [4.69, 9.17) is 0 Å². The van der Waals surface area contributed by atoms with E-state index in [1.165, 1.54) is 5.56 Å². The number of amides is 1. The number of hydrazine groups is 1. The molecule has 0 spiro atoms. The molecule has 1 aliphatic rings. The predicted molar refractivity (Wildman–Crippen MR) is 100 cm³/mol. The van der Waals surface area contributed by atoms with Crippen molar-refractivity contribution in [2.45, 2.75) is 30.7 Å². The van der Waals surface area contributed by atoms with Crippen molar-refractivity contribution >= 4 is 15.9 Å². The highest BCUT2D eigenvalue weighted by atomic mass is 32.2. The molecule has 0 radical (unpaired) electrons. The molecule has 0 aliphatic heterocycles. The Balaban J connectivity index is 1.37. The number of benzene rings is 2. The van der Waals surface area contributed by atoms with E-state index >= 15 is 0 Å². The summed E-state index contributed by atoms with van der Waals surface area (Å²) in [7, 11) is -3.85. The SMILES string of the molecule is O=C(Cn1nnc(-c2ccccc2)n1)NNS(=O)(=O)c1ccc2c(c1)CCC2. The van der Waals surface area contributed by atoms with Gasteiger partial charge in [-0.1, -0.05) is 36.4 Å². The van der Waals surface area contributed by atoms with E-state index in [1.54, 1.807) is 12.1 Å². The summed E-state index contributed by atoms with van der Waals surface area (Å²) in [6.45, 7) is -0.271. The van der Waals surface area contributed by atoms with Crippen molar-refractivity contribution in [3.05, 3.63) is 59.7 Å². The molecule has 0 unspecified atom stereocenters. The number of tetrazole rings is 1. The number of hydrogen-bond acceptors (Lipinski definition) is 6.